The van der Waals surface area contributed by atoms with E-state index in [0.29, 0.717) is 5.69 Å². The van der Waals surface area contributed by atoms with Crippen molar-refractivity contribution in [3.63, 3.8) is 0 Å². The van der Waals surface area contributed by atoms with Crippen LogP contribution in [0.25, 0.3) is 0 Å². The molecule has 0 amide bonds. The third-order valence-electron chi connectivity index (χ3n) is 1.31. The van der Waals surface area contributed by atoms with Crippen LogP contribution in [0.2, 0.25) is 0 Å². The van der Waals surface area contributed by atoms with Crippen LogP contribution in [0.3, 0.4) is 0 Å². The van der Waals surface area contributed by atoms with E-state index in [1.54, 1.807) is 18.2 Å². The van der Waals surface area contributed by atoms with Gasteiger partial charge in [-0.05, 0) is 0 Å². The van der Waals surface area contributed by atoms with Gasteiger partial charge in [-0.3, -0.25) is 0 Å². The van der Waals surface area contributed by atoms with E-state index >= 15 is 0 Å². The number of nitriles is 1. The fraction of sp³-hybridized carbons (Fsp3) is 0. The fourth-order valence-electron chi connectivity index (χ4n) is 0.797. The van der Waals surface area contributed by atoms with Gasteiger partial charge in [0, 0.05) is 0 Å². The van der Waals surface area contributed by atoms with Gasteiger partial charge in [-0.1, -0.05) is 0 Å². The molecule has 0 heterocycles. The first-order valence-corrected chi connectivity index (χ1v) is 5.01. The number of nitrogens with zero attached hydrogens (tertiary/aromatic N) is 2. The van der Waals surface area contributed by atoms with Crippen molar-refractivity contribution in [2.45, 2.75) is 0 Å². The molecule has 1 rings (SSSR count). The molecule has 0 bridgehead atoms. The Morgan fingerprint density at radius 3 is 2.85 bits per heavy atom. The Hall–Kier alpha value is -1.57. The van der Waals surface area contributed by atoms with Gasteiger partial charge < -0.3 is 0 Å². The summed E-state index contributed by atoms with van der Waals surface area (Å²) in [4.78, 5) is 11.9. The topological polar surface area (TPSA) is 79.0 Å². The zero-order valence-electron chi connectivity index (χ0n) is 6.43. The first-order valence-electron chi connectivity index (χ1n) is 3.30. The van der Waals surface area contributed by atoms with Crippen molar-refractivity contribution in [3.05, 3.63) is 34.4 Å². The van der Waals surface area contributed by atoms with E-state index in [1.807, 2.05) is 4.97 Å². The molecule has 0 saturated heterocycles. The molecule has 6 heteroatoms. The van der Waals surface area contributed by atoms with E-state index in [9.17, 15) is 10.1 Å². The summed E-state index contributed by atoms with van der Waals surface area (Å²) >= 11 is -0.452. The Morgan fingerprint density at radius 1 is 1.54 bits per heavy atom. The molecular weight excluding hydrogens is 237 g/mol. The summed E-state index contributed by atoms with van der Waals surface area (Å²) in [6.07, 6.45) is 0. The van der Waals surface area contributed by atoms with Crippen molar-refractivity contribution in [2.24, 2.45) is 0 Å². The first kappa shape index (κ1) is 9.52. The van der Waals surface area contributed by atoms with E-state index in [2.05, 4.69) is 4.33 Å². The first-order chi connectivity index (χ1) is 6.25. The molecule has 1 N–H and O–H groups in total. The van der Waals surface area contributed by atoms with Gasteiger partial charge in [0.25, 0.3) is 0 Å². The zero-order valence-corrected chi connectivity index (χ0v) is 8.14. The number of benzene rings is 1. The number of rotatable bonds is 3. The van der Waals surface area contributed by atoms with Crippen LogP contribution in [-0.4, -0.2) is 20.1 Å². The van der Waals surface area contributed by atoms with Gasteiger partial charge in [-0.2, -0.15) is 0 Å². The molecule has 0 atom stereocenters. The summed E-state index contributed by atoms with van der Waals surface area (Å²) in [6.45, 7) is 0. The molecule has 66 valence electrons. The molecule has 0 unspecified atom stereocenters. The van der Waals surface area contributed by atoms with Gasteiger partial charge in [0.15, 0.2) is 0 Å². The maximum absolute atomic E-state index is 10.5. The van der Waals surface area contributed by atoms with E-state index in [0.717, 1.165) is 0 Å². The maximum atomic E-state index is 10.5. The van der Waals surface area contributed by atoms with Crippen molar-refractivity contribution in [1.82, 2.24) is 0 Å². The number of anilines is 1. The van der Waals surface area contributed by atoms with Crippen molar-refractivity contribution in [2.75, 3.05) is 4.33 Å². The van der Waals surface area contributed by atoms with Gasteiger partial charge in [0.1, 0.15) is 0 Å². The van der Waals surface area contributed by atoms with Crippen LogP contribution >= 0.6 is 0 Å². The number of nitro groups is 1. The molecule has 0 aromatic heterocycles. The predicted octanol–water partition coefficient (Wildman–Crippen LogP) is 1.11. The van der Waals surface area contributed by atoms with Gasteiger partial charge in [0.2, 0.25) is 0 Å². The molecule has 13 heavy (non-hydrogen) atoms. The SMILES string of the molecule is N#C[Se]Nc1ccccc1[N+](=O)[O-]. The molecule has 0 saturated carbocycles. The van der Waals surface area contributed by atoms with Gasteiger partial charge in [-0.15, -0.1) is 0 Å². The number of nitrogens with one attached hydrogen (secondary N) is 1. The normalized spacial score (nSPS) is 8.85. The minimum absolute atomic E-state index is 0.000347. The third-order valence-corrected chi connectivity index (χ3v) is 2.17. The van der Waals surface area contributed by atoms with Gasteiger partial charge in [0.05, 0.1) is 0 Å². The standard InChI is InChI=1S/C7H5N3O2Se/c8-5-13-9-6-3-1-2-4-7(6)10(11)12/h1-4,9H. The zero-order chi connectivity index (χ0) is 9.68. The summed E-state index contributed by atoms with van der Waals surface area (Å²) in [5, 5.41) is 18.8. The van der Waals surface area contributed by atoms with Crippen molar-refractivity contribution in [1.29, 1.82) is 5.26 Å². The fourth-order valence-corrected chi connectivity index (χ4v) is 1.49. The summed E-state index contributed by atoms with van der Waals surface area (Å²) in [5.74, 6) is 0. The Bertz CT molecular complexity index is 361. The average molecular weight is 242 g/mol. The number of hydrogen-bond acceptors (Lipinski definition) is 4. The molecule has 0 spiro atoms. The second-order valence-corrected chi connectivity index (χ2v) is 3.31. The predicted molar refractivity (Wildman–Crippen MR) is 48.1 cm³/mol. The summed E-state index contributed by atoms with van der Waals surface area (Å²) in [7, 11) is 0. The van der Waals surface area contributed by atoms with E-state index < -0.39 is 20.1 Å². The van der Waals surface area contributed by atoms with Crippen LogP contribution < -0.4 is 4.33 Å². The third kappa shape index (κ3) is 2.44. The number of hydrogen-bond donors (Lipinski definition) is 1. The van der Waals surface area contributed by atoms with Crippen molar-refractivity contribution in [3.8, 4) is 4.97 Å². The Balaban J connectivity index is 2.92. The van der Waals surface area contributed by atoms with E-state index in [-0.39, 0.29) is 5.69 Å². The van der Waals surface area contributed by atoms with Crippen LogP contribution in [0, 0.1) is 20.3 Å². The van der Waals surface area contributed by atoms with Gasteiger partial charge in [-0.25, -0.2) is 0 Å². The van der Waals surface area contributed by atoms with Crippen LogP contribution in [0.4, 0.5) is 11.4 Å². The Morgan fingerprint density at radius 2 is 2.23 bits per heavy atom. The summed E-state index contributed by atoms with van der Waals surface area (Å²) < 4.78 is 2.70. The Labute approximate surface area is 80.9 Å². The van der Waals surface area contributed by atoms with Crippen LogP contribution in [0.1, 0.15) is 0 Å². The number of para-hydroxylation sites is 2. The monoisotopic (exact) mass is 243 g/mol. The summed E-state index contributed by atoms with van der Waals surface area (Å²) in [5.41, 5.74) is 0.397. The molecule has 1 aromatic rings. The van der Waals surface area contributed by atoms with E-state index in [1.165, 1.54) is 6.07 Å². The molecule has 1 aromatic carbocycles. The Kier molecular flexibility index (Phi) is 3.26. The molecule has 0 fully saturated rings. The molecule has 0 aliphatic rings. The molecule has 0 radical (unpaired) electrons. The summed E-state index contributed by atoms with van der Waals surface area (Å²) in [6, 6.07) is 6.25. The molecule has 5 nitrogen and oxygen atoms in total. The van der Waals surface area contributed by atoms with Crippen molar-refractivity contribution < 1.29 is 4.92 Å². The van der Waals surface area contributed by atoms with Crippen LogP contribution in [0.15, 0.2) is 24.3 Å². The van der Waals surface area contributed by atoms with Gasteiger partial charge >= 0.3 is 80.4 Å². The molecular formula is C7H5N3O2Se. The van der Waals surface area contributed by atoms with E-state index in [4.69, 9.17) is 5.26 Å². The second kappa shape index (κ2) is 4.45. The second-order valence-electron chi connectivity index (χ2n) is 2.07. The molecule has 0 aliphatic heterocycles. The van der Waals surface area contributed by atoms with Crippen LogP contribution in [-0.2, 0) is 0 Å². The van der Waals surface area contributed by atoms with Crippen LogP contribution in [0.5, 0.6) is 0 Å². The average Bonchev–Trinajstić information content (AvgIpc) is 2.15. The van der Waals surface area contributed by atoms with Crippen molar-refractivity contribution >= 4 is 26.5 Å². The quantitative estimate of drug-likeness (QED) is 0.489. The molecule has 0 aliphatic carbocycles. The minimum atomic E-state index is -0.476. The number of nitro benzene ring substituents is 1.